The Morgan fingerprint density at radius 1 is 1.10 bits per heavy atom. The zero-order chi connectivity index (χ0) is 21.9. The second-order valence-corrected chi connectivity index (χ2v) is 10.2. The molecule has 0 spiro atoms. The summed E-state index contributed by atoms with van der Waals surface area (Å²) in [7, 11) is -3.88. The number of rotatable bonds is 6. The standard InChI is InChI=1S/C18H17Cl2N3O5S2/c19-13-4-5-16(20)17(10-13)29-12-18(24)21-6-8-22(9-7-21)30(27,28)15-3-1-2-14(11-15)23(25)26/h1-5,10-11H,6-9,12H2. The van der Waals surface area contributed by atoms with E-state index in [2.05, 4.69) is 0 Å². The molecule has 0 unspecified atom stereocenters. The Balaban J connectivity index is 1.60. The number of amides is 1. The molecule has 1 heterocycles. The third-order valence-corrected chi connectivity index (χ3v) is 8.11. The van der Waals surface area contributed by atoms with Crippen molar-refractivity contribution < 1.29 is 18.1 Å². The van der Waals surface area contributed by atoms with Crippen molar-refractivity contribution in [1.82, 2.24) is 9.21 Å². The van der Waals surface area contributed by atoms with Gasteiger partial charge in [-0.1, -0.05) is 29.3 Å². The minimum atomic E-state index is -3.88. The molecule has 0 aliphatic carbocycles. The third-order valence-electron chi connectivity index (χ3n) is 4.50. The molecule has 0 N–H and O–H groups in total. The van der Waals surface area contributed by atoms with Crippen molar-refractivity contribution in [3.63, 3.8) is 0 Å². The number of carbonyl (C=O) groups excluding carboxylic acids is 1. The number of hydrogen-bond donors (Lipinski definition) is 0. The van der Waals surface area contributed by atoms with Crippen LogP contribution in [-0.4, -0.2) is 60.4 Å². The first-order valence-electron chi connectivity index (χ1n) is 8.79. The van der Waals surface area contributed by atoms with E-state index in [9.17, 15) is 23.3 Å². The van der Waals surface area contributed by atoms with Crippen molar-refractivity contribution in [3.05, 3.63) is 62.6 Å². The first kappa shape index (κ1) is 22.8. The monoisotopic (exact) mass is 489 g/mol. The average Bonchev–Trinajstić information content (AvgIpc) is 2.74. The molecule has 0 bridgehead atoms. The van der Waals surface area contributed by atoms with Crippen LogP contribution in [0.25, 0.3) is 0 Å². The molecule has 1 amide bonds. The van der Waals surface area contributed by atoms with Crippen molar-refractivity contribution in [3.8, 4) is 0 Å². The van der Waals surface area contributed by atoms with E-state index in [1.807, 2.05) is 0 Å². The quantitative estimate of drug-likeness (QED) is 0.349. The highest BCUT2D eigenvalue weighted by Gasteiger charge is 2.31. The van der Waals surface area contributed by atoms with Crippen LogP contribution in [0.15, 0.2) is 52.3 Å². The van der Waals surface area contributed by atoms with Crippen molar-refractivity contribution >= 4 is 56.6 Å². The van der Waals surface area contributed by atoms with E-state index in [1.54, 1.807) is 23.1 Å². The molecule has 1 aliphatic rings. The van der Waals surface area contributed by atoms with Gasteiger partial charge in [0.05, 0.1) is 20.6 Å². The molecule has 8 nitrogen and oxygen atoms in total. The number of halogens is 2. The highest BCUT2D eigenvalue weighted by Crippen LogP contribution is 2.30. The number of thioether (sulfide) groups is 1. The Labute approximate surface area is 187 Å². The van der Waals surface area contributed by atoms with Crippen molar-refractivity contribution in [1.29, 1.82) is 0 Å². The Morgan fingerprint density at radius 3 is 2.47 bits per heavy atom. The maximum absolute atomic E-state index is 12.8. The number of nitro benzene ring substituents is 1. The summed E-state index contributed by atoms with van der Waals surface area (Å²) in [6.45, 7) is 0.687. The summed E-state index contributed by atoms with van der Waals surface area (Å²) in [6.07, 6.45) is 0. The topological polar surface area (TPSA) is 101 Å². The van der Waals surface area contributed by atoms with Crippen LogP contribution in [-0.2, 0) is 14.8 Å². The lowest BCUT2D eigenvalue weighted by Crippen LogP contribution is -2.50. The predicted molar refractivity (Wildman–Crippen MR) is 116 cm³/mol. The Bertz CT molecular complexity index is 1070. The van der Waals surface area contributed by atoms with Crippen LogP contribution in [0.2, 0.25) is 10.0 Å². The lowest BCUT2D eigenvalue weighted by atomic mass is 10.3. The molecular weight excluding hydrogens is 473 g/mol. The lowest BCUT2D eigenvalue weighted by Gasteiger charge is -2.34. The van der Waals surface area contributed by atoms with E-state index in [0.717, 1.165) is 6.07 Å². The van der Waals surface area contributed by atoms with Gasteiger partial charge in [-0.25, -0.2) is 8.42 Å². The summed E-state index contributed by atoms with van der Waals surface area (Å²) < 4.78 is 26.8. The Kier molecular flexibility index (Phi) is 7.25. The highest BCUT2D eigenvalue weighted by atomic mass is 35.5. The lowest BCUT2D eigenvalue weighted by molar-refractivity contribution is -0.385. The van der Waals surface area contributed by atoms with Crippen LogP contribution in [0.3, 0.4) is 0 Å². The summed E-state index contributed by atoms with van der Waals surface area (Å²) in [4.78, 5) is 24.9. The van der Waals surface area contributed by atoms with Gasteiger partial charge in [-0.05, 0) is 24.3 Å². The number of nitrogens with zero attached hydrogens (tertiary/aromatic N) is 3. The Hall–Kier alpha value is -1.85. The van der Waals surface area contributed by atoms with E-state index in [1.165, 1.54) is 34.3 Å². The van der Waals surface area contributed by atoms with Crippen LogP contribution in [0, 0.1) is 10.1 Å². The zero-order valence-electron chi connectivity index (χ0n) is 15.5. The molecule has 0 saturated carbocycles. The largest absolute Gasteiger partial charge is 0.339 e. The van der Waals surface area contributed by atoms with Gasteiger partial charge in [0.15, 0.2) is 0 Å². The number of piperazine rings is 1. The molecule has 30 heavy (non-hydrogen) atoms. The van der Waals surface area contributed by atoms with Crippen LogP contribution in [0.1, 0.15) is 0 Å². The number of nitro groups is 1. The van der Waals surface area contributed by atoms with Gasteiger partial charge in [-0.15, -0.1) is 11.8 Å². The number of non-ortho nitro benzene ring substituents is 1. The molecular formula is C18H17Cl2N3O5S2. The van der Waals surface area contributed by atoms with Crippen molar-refractivity contribution in [2.24, 2.45) is 0 Å². The van der Waals surface area contributed by atoms with Gasteiger partial charge in [0, 0.05) is 48.2 Å². The minimum absolute atomic E-state index is 0.110. The first-order chi connectivity index (χ1) is 14.2. The summed E-state index contributed by atoms with van der Waals surface area (Å²) >= 11 is 13.3. The van der Waals surface area contributed by atoms with Gasteiger partial charge in [0.2, 0.25) is 15.9 Å². The van der Waals surface area contributed by atoms with Gasteiger partial charge < -0.3 is 4.90 Å². The smallest absolute Gasteiger partial charge is 0.270 e. The van der Waals surface area contributed by atoms with Crippen LogP contribution in [0.4, 0.5) is 5.69 Å². The fourth-order valence-corrected chi connectivity index (χ4v) is 5.76. The first-order valence-corrected chi connectivity index (χ1v) is 12.0. The molecule has 160 valence electrons. The highest BCUT2D eigenvalue weighted by molar-refractivity contribution is 8.00. The molecule has 3 rings (SSSR count). The number of carbonyl (C=O) groups is 1. The molecule has 2 aromatic rings. The maximum atomic E-state index is 12.8. The predicted octanol–water partition coefficient (Wildman–Crippen LogP) is 3.53. The molecule has 1 saturated heterocycles. The van der Waals surface area contributed by atoms with Gasteiger partial charge >= 0.3 is 0 Å². The van der Waals surface area contributed by atoms with E-state index >= 15 is 0 Å². The second-order valence-electron chi connectivity index (χ2n) is 6.40. The van der Waals surface area contributed by atoms with E-state index in [-0.39, 0.29) is 48.4 Å². The Morgan fingerprint density at radius 2 is 1.80 bits per heavy atom. The van der Waals surface area contributed by atoms with Gasteiger partial charge in [0.1, 0.15) is 0 Å². The fourth-order valence-electron chi connectivity index (χ4n) is 2.90. The molecule has 0 radical (unpaired) electrons. The van der Waals surface area contributed by atoms with Gasteiger partial charge in [0.25, 0.3) is 5.69 Å². The van der Waals surface area contributed by atoms with E-state index < -0.39 is 14.9 Å². The summed E-state index contributed by atoms with van der Waals surface area (Å²) in [6, 6.07) is 9.95. The van der Waals surface area contributed by atoms with Gasteiger partial charge in [-0.3, -0.25) is 14.9 Å². The maximum Gasteiger partial charge on any atom is 0.270 e. The second kappa shape index (κ2) is 9.52. The van der Waals surface area contributed by atoms with E-state index in [0.29, 0.717) is 14.9 Å². The molecule has 12 heteroatoms. The van der Waals surface area contributed by atoms with Crippen LogP contribution < -0.4 is 0 Å². The van der Waals surface area contributed by atoms with Gasteiger partial charge in [-0.2, -0.15) is 4.31 Å². The molecule has 1 fully saturated rings. The van der Waals surface area contributed by atoms with Crippen LogP contribution in [0.5, 0.6) is 0 Å². The molecule has 0 atom stereocenters. The molecule has 2 aromatic carbocycles. The number of hydrogen-bond acceptors (Lipinski definition) is 6. The number of sulfonamides is 1. The molecule has 0 aromatic heterocycles. The zero-order valence-corrected chi connectivity index (χ0v) is 18.7. The summed E-state index contributed by atoms with van der Waals surface area (Å²) in [5.74, 6) is 0.0148. The molecule has 1 aliphatic heterocycles. The summed E-state index contributed by atoms with van der Waals surface area (Å²) in [5, 5.41) is 11.9. The average molecular weight is 490 g/mol. The van der Waals surface area contributed by atoms with Crippen molar-refractivity contribution in [2.75, 3.05) is 31.9 Å². The van der Waals surface area contributed by atoms with Crippen LogP contribution >= 0.6 is 35.0 Å². The van der Waals surface area contributed by atoms with Crippen molar-refractivity contribution in [2.45, 2.75) is 9.79 Å². The third kappa shape index (κ3) is 5.25. The summed E-state index contributed by atoms with van der Waals surface area (Å²) in [5.41, 5.74) is -0.290. The normalized spacial score (nSPS) is 15.2. The van der Waals surface area contributed by atoms with E-state index in [4.69, 9.17) is 23.2 Å². The SMILES string of the molecule is O=C(CSc1cc(Cl)ccc1Cl)N1CCN(S(=O)(=O)c2cccc([N+](=O)[O-])c2)CC1. The fraction of sp³-hybridized carbons (Fsp3) is 0.278. The minimum Gasteiger partial charge on any atom is -0.339 e. The number of benzene rings is 2.